The van der Waals surface area contributed by atoms with E-state index in [1.807, 2.05) is 0 Å². The van der Waals surface area contributed by atoms with Crippen molar-refractivity contribution in [3.05, 3.63) is 0 Å². The van der Waals surface area contributed by atoms with Gasteiger partial charge in [-0.25, -0.2) is 0 Å². The first-order valence-electron chi connectivity index (χ1n) is 5.25. The molecule has 5 heteroatoms. The van der Waals surface area contributed by atoms with Gasteiger partial charge in [-0.3, -0.25) is 4.55 Å². The molecule has 0 aromatic rings. The first-order chi connectivity index (χ1) is 6.58. The number of hydrogen-bond acceptors (Lipinski definition) is 3. The molecule has 14 heavy (non-hydrogen) atoms. The maximum atomic E-state index is 10.5. The maximum absolute atomic E-state index is 10.5. The van der Waals surface area contributed by atoms with Crippen LogP contribution in [0.2, 0.25) is 0 Å². The fourth-order valence-electron chi connectivity index (χ4n) is 1.83. The van der Waals surface area contributed by atoms with Gasteiger partial charge in [-0.05, 0) is 38.9 Å². The van der Waals surface area contributed by atoms with Crippen LogP contribution in [0.1, 0.15) is 32.1 Å². The molecule has 1 saturated heterocycles. The molecule has 1 aliphatic heterocycles. The Morgan fingerprint density at radius 2 is 1.64 bits per heavy atom. The Balaban J connectivity index is 2.16. The van der Waals surface area contributed by atoms with Crippen LogP contribution in [0.15, 0.2) is 0 Å². The summed E-state index contributed by atoms with van der Waals surface area (Å²) in [5.74, 6) is -0.108. The summed E-state index contributed by atoms with van der Waals surface area (Å²) >= 11 is 0. The molecule has 1 rings (SSSR count). The lowest BCUT2D eigenvalue weighted by Gasteiger charge is -2.18. The third-order valence-electron chi connectivity index (χ3n) is 2.58. The highest BCUT2D eigenvalue weighted by atomic mass is 32.2. The summed E-state index contributed by atoms with van der Waals surface area (Å²) in [6.07, 6.45) is 5.54. The molecule has 0 amide bonds. The maximum Gasteiger partial charge on any atom is 0.264 e. The highest BCUT2D eigenvalue weighted by Gasteiger charge is 2.10. The molecule has 1 heterocycles. The monoisotopic (exact) mass is 221 g/mol. The summed E-state index contributed by atoms with van der Waals surface area (Å²) < 4.78 is 29.5. The molecular formula is C9H19NO3S. The van der Waals surface area contributed by atoms with Crippen LogP contribution in [0.5, 0.6) is 0 Å². The number of rotatable bonds is 4. The summed E-state index contributed by atoms with van der Waals surface area (Å²) in [4.78, 5) is 2.29. The fraction of sp³-hybridized carbons (Fsp3) is 1.00. The summed E-state index contributed by atoms with van der Waals surface area (Å²) in [6, 6.07) is 0. The van der Waals surface area contributed by atoms with Crippen molar-refractivity contribution in [2.24, 2.45) is 0 Å². The second kappa shape index (κ2) is 5.68. The molecule has 0 aromatic carbocycles. The van der Waals surface area contributed by atoms with Crippen molar-refractivity contribution in [2.75, 3.05) is 25.4 Å². The van der Waals surface area contributed by atoms with Crippen molar-refractivity contribution in [1.82, 2.24) is 4.90 Å². The third kappa shape index (κ3) is 5.57. The zero-order chi connectivity index (χ0) is 10.4. The second-order valence-corrected chi connectivity index (χ2v) is 5.47. The topological polar surface area (TPSA) is 57.6 Å². The zero-order valence-corrected chi connectivity index (χ0v) is 9.30. The molecular weight excluding hydrogens is 202 g/mol. The van der Waals surface area contributed by atoms with Gasteiger partial charge in [0.25, 0.3) is 10.1 Å². The van der Waals surface area contributed by atoms with Gasteiger partial charge in [-0.15, -0.1) is 0 Å². The van der Waals surface area contributed by atoms with E-state index in [1.165, 1.54) is 25.7 Å². The van der Waals surface area contributed by atoms with Gasteiger partial charge in [0.2, 0.25) is 0 Å². The van der Waals surface area contributed by atoms with E-state index in [9.17, 15) is 8.42 Å². The minimum Gasteiger partial charge on any atom is -0.303 e. The Kier molecular flexibility index (Phi) is 4.84. The Morgan fingerprint density at radius 1 is 1.07 bits per heavy atom. The third-order valence-corrected chi connectivity index (χ3v) is 3.38. The van der Waals surface area contributed by atoms with Crippen molar-refractivity contribution < 1.29 is 13.0 Å². The van der Waals surface area contributed by atoms with Crippen LogP contribution < -0.4 is 0 Å². The van der Waals surface area contributed by atoms with Crippen LogP contribution in [0.25, 0.3) is 0 Å². The number of hydrogen-bond donors (Lipinski definition) is 1. The fourth-order valence-corrected chi connectivity index (χ4v) is 2.32. The SMILES string of the molecule is O=S(=O)(O)CCCN1CCCCCC1. The summed E-state index contributed by atoms with van der Waals surface area (Å²) in [6.45, 7) is 2.94. The lowest BCUT2D eigenvalue weighted by Crippen LogP contribution is -2.27. The molecule has 1 N–H and O–H groups in total. The summed E-state index contributed by atoms with van der Waals surface area (Å²) in [5, 5.41) is 0. The average molecular weight is 221 g/mol. The number of likely N-dealkylation sites (tertiary alicyclic amines) is 1. The van der Waals surface area contributed by atoms with Gasteiger partial charge >= 0.3 is 0 Å². The molecule has 1 fully saturated rings. The van der Waals surface area contributed by atoms with Gasteiger partial charge in [-0.1, -0.05) is 12.8 Å². The summed E-state index contributed by atoms with van der Waals surface area (Å²) in [5.41, 5.74) is 0. The Morgan fingerprint density at radius 3 is 2.14 bits per heavy atom. The molecule has 0 aromatic heterocycles. The normalized spacial score (nSPS) is 20.6. The van der Waals surface area contributed by atoms with Crippen LogP contribution in [0.4, 0.5) is 0 Å². The highest BCUT2D eigenvalue weighted by Crippen LogP contribution is 2.09. The van der Waals surface area contributed by atoms with Crippen LogP contribution in [-0.2, 0) is 10.1 Å². The molecule has 0 atom stereocenters. The molecule has 0 unspecified atom stereocenters. The Labute approximate surface area is 86.0 Å². The highest BCUT2D eigenvalue weighted by molar-refractivity contribution is 7.85. The van der Waals surface area contributed by atoms with E-state index in [0.717, 1.165) is 19.6 Å². The minimum atomic E-state index is -3.76. The quantitative estimate of drug-likeness (QED) is 0.723. The van der Waals surface area contributed by atoms with Crippen molar-refractivity contribution in [3.8, 4) is 0 Å². The van der Waals surface area contributed by atoms with Crippen LogP contribution in [-0.4, -0.2) is 43.3 Å². The van der Waals surface area contributed by atoms with E-state index in [0.29, 0.717) is 6.42 Å². The van der Waals surface area contributed by atoms with Gasteiger partial charge in [0.1, 0.15) is 0 Å². The van der Waals surface area contributed by atoms with Crippen molar-refractivity contribution in [2.45, 2.75) is 32.1 Å². The molecule has 0 saturated carbocycles. The van der Waals surface area contributed by atoms with Crippen LogP contribution >= 0.6 is 0 Å². The van der Waals surface area contributed by atoms with E-state index in [2.05, 4.69) is 4.90 Å². The smallest absolute Gasteiger partial charge is 0.264 e. The van der Waals surface area contributed by atoms with Crippen molar-refractivity contribution in [3.63, 3.8) is 0 Å². The van der Waals surface area contributed by atoms with E-state index in [-0.39, 0.29) is 5.75 Å². The standard InChI is InChI=1S/C9H19NO3S/c11-14(12,13)9-5-8-10-6-3-1-2-4-7-10/h1-9H2,(H,11,12,13). The Bertz CT molecular complexity index is 243. The zero-order valence-electron chi connectivity index (χ0n) is 8.48. The molecule has 0 spiro atoms. The molecule has 4 nitrogen and oxygen atoms in total. The van der Waals surface area contributed by atoms with Gasteiger partial charge in [0.05, 0.1) is 5.75 Å². The van der Waals surface area contributed by atoms with Gasteiger partial charge < -0.3 is 4.90 Å². The predicted molar refractivity (Wildman–Crippen MR) is 55.9 cm³/mol. The second-order valence-electron chi connectivity index (χ2n) is 3.90. The van der Waals surface area contributed by atoms with Crippen molar-refractivity contribution in [1.29, 1.82) is 0 Å². The average Bonchev–Trinajstić information content (AvgIpc) is 2.30. The molecule has 1 aliphatic rings. The van der Waals surface area contributed by atoms with E-state index in [1.54, 1.807) is 0 Å². The lowest BCUT2D eigenvalue weighted by molar-refractivity contribution is 0.285. The molecule has 84 valence electrons. The molecule has 0 radical (unpaired) electrons. The molecule has 0 aliphatic carbocycles. The van der Waals surface area contributed by atoms with E-state index in [4.69, 9.17) is 4.55 Å². The minimum absolute atomic E-state index is 0.108. The largest absolute Gasteiger partial charge is 0.303 e. The first-order valence-corrected chi connectivity index (χ1v) is 6.86. The lowest BCUT2D eigenvalue weighted by atomic mass is 10.2. The first kappa shape index (κ1) is 11.9. The van der Waals surface area contributed by atoms with E-state index < -0.39 is 10.1 Å². The van der Waals surface area contributed by atoms with Gasteiger partial charge in [0, 0.05) is 0 Å². The van der Waals surface area contributed by atoms with Crippen molar-refractivity contribution >= 4 is 10.1 Å². The number of nitrogens with zero attached hydrogens (tertiary/aromatic N) is 1. The van der Waals surface area contributed by atoms with Gasteiger partial charge in [0.15, 0.2) is 0 Å². The summed E-state index contributed by atoms with van der Waals surface area (Å²) in [7, 11) is -3.76. The van der Waals surface area contributed by atoms with E-state index >= 15 is 0 Å². The van der Waals surface area contributed by atoms with Crippen LogP contribution in [0.3, 0.4) is 0 Å². The van der Waals surface area contributed by atoms with Crippen LogP contribution in [0, 0.1) is 0 Å². The Hall–Kier alpha value is -0.130. The molecule has 0 bridgehead atoms. The predicted octanol–water partition coefficient (Wildman–Crippen LogP) is 1.14. The van der Waals surface area contributed by atoms with Gasteiger partial charge in [-0.2, -0.15) is 8.42 Å².